The van der Waals surface area contributed by atoms with Crippen LogP contribution in [0.3, 0.4) is 0 Å². The Balaban J connectivity index is 2.15. The molecule has 2 rings (SSSR count). The summed E-state index contributed by atoms with van der Waals surface area (Å²) < 4.78 is 1.58. The van der Waals surface area contributed by atoms with Gasteiger partial charge in [-0.25, -0.2) is 9.78 Å². The van der Waals surface area contributed by atoms with E-state index in [9.17, 15) is 4.79 Å². The van der Waals surface area contributed by atoms with Crippen LogP contribution in [0, 0.1) is 5.92 Å². The van der Waals surface area contributed by atoms with Crippen LogP contribution in [-0.2, 0) is 6.54 Å². The molecule has 1 aromatic heterocycles. The molecule has 0 aliphatic carbocycles. The van der Waals surface area contributed by atoms with Gasteiger partial charge >= 0.3 is 5.69 Å². The summed E-state index contributed by atoms with van der Waals surface area (Å²) in [5.41, 5.74) is -0.221. The van der Waals surface area contributed by atoms with Gasteiger partial charge in [-0.3, -0.25) is 4.57 Å². The molecule has 1 saturated heterocycles. The van der Waals surface area contributed by atoms with Crippen molar-refractivity contribution in [3.63, 3.8) is 0 Å². The Hall–Kier alpha value is -0.870. The lowest BCUT2D eigenvalue weighted by molar-refractivity contribution is 0.466. The number of rotatable bonds is 2. The minimum atomic E-state index is -0.221. The fourth-order valence-corrected chi connectivity index (χ4v) is 1.87. The van der Waals surface area contributed by atoms with E-state index in [-0.39, 0.29) is 5.69 Å². The third kappa shape index (κ3) is 2.13. The number of hydrogen-bond acceptors (Lipinski definition) is 3. The summed E-state index contributed by atoms with van der Waals surface area (Å²) in [5.74, 6) is 0.521. The lowest BCUT2D eigenvalue weighted by Gasteiger charge is -2.09. The first-order valence-corrected chi connectivity index (χ1v) is 5.06. The summed E-state index contributed by atoms with van der Waals surface area (Å²) in [6.07, 6.45) is 4.14. The van der Waals surface area contributed by atoms with Crippen LogP contribution in [0.2, 0.25) is 5.02 Å². The number of nitrogens with one attached hydrogen (secondary N) is 1. The molecule has 0 saturated carbocycles. The third-order valence-corrected chi connectivity index (χ3v) is 2.64. The molecule has 1 aliphatic heterocycles. The van der Waals surface area contributed by atoms with Crippen molar-refractivity contribution < 1.29 is 0 Å². The number of nitrogens with zero attached hydrogens (tertiary/aromatic N) is 2. The minimum absolute atomic E-state index is 0.221. The van der Waals surface area contributed by atoms with Gasteiger partial charge in [0.1, 0.15) is 0 Å². The summed E-state index contributed by atoms with van der Waals surface area (Å²) >= 11 is 5.76. The smallest absolute Gasteiger partial charge is 0.316 e. The minimum Gasteiger partial charge on any atom is -0.316 e. The van der Waals surface area contributed by atoms with E-state index in [0.717, 1.165) is 19.5 Å². The molecule has 14 heavy (non-hydrogen) atoms. The standard InChI is InChI=1S/C9H12ClN3O/c10-8-4-12-9(14)13(6-8)5-7-1-2-11-3-7/h4,6-7,11H,1-3,5H2. The summed E-state index contributed by atoms with van der Waals surface area (Å²) in [4.78, 5) is 15.0. The van der Waals surface area contributed by atoms with E-state index in [2.05, 4.69) is 10.3 Å². The molecule has 76 valence electrons. The molecule has 1 fully saturated rings. The van der Waals surface area contributed by atoms with Crippen LogP contribution < -0.4 is 11.0 Å². The van der Waals surface area contributed by atoms with Gasteiger partial charge in [-0.2, -0.15) is 0 Å². The maximum absolute atomic E-state index is 11.3. The molecule has 5 heteroatoms. The van der Waals surface area contributed by atoms with E-state index in [4.69, 9.17) is 11.6 Å². The predicted molar refractivity (Wildman–Crippen MR) is 54.5 cm³/mol. The maximum Gasteiger partial charge on any atom is 0.347 e. The Morgan fingerprint density at radius 2 is 2.57 bits per heavy atom. The van der Waals surface area contributed by atoms with Gasteiger partial charge in [0.05, 0.1) is 11.2 Å². The van der Waals surface area contributed by atoms with Gasteiger partial charge in [0.15, 0.2) is 0 Å². The van der Waals surface area contributed by atoms with E-state index in [1.54, 1.807) is 10.8 Å². The molecule has 1 unspecified atom stereocenters. The molecular formula is C9H12ClN3O. The highest BCUT2D eigenvalue weighted by Crippen LogP contribution is 2.10. The van der Waals surface area contributed by atoms with Crippen molar-refractivity contribution in [2.24, 2.45) is 5.92 Å². The van der Waals surface area contributed by atoms with Crippen molar-refractivity contribution in [3.05, 3.63) is 27.9 Å². The summed E-state index contributed by atoms with van der Waals surface area (Å²) in [5, 5.41) is 3.77. The fourth-order valence-electron chi connectivity index (χ4n) is 1.71. The molecule has 0 spiro atoms. The zero-order valence-electron chi connectivity index (χ0n) is 7.74. The van der Waals surface area contributed by atoms with Gasteiger partial charge in [-0.05, 0) is 25.4 Å². The second-order valence-electron chi connectivity index (χ2n) is 3.57. The Bertz CT molecular complexity index is 371. The molecule has 1 atom stereocenters. The molecule has 2 heterocycles. The van der Waals surface area contributed by atoms with E-state index in [1.807, 2.05) is 0 Å². The monoisotopic (exact) mass is 213 g/mol. The van der Waals surface area contributed by atoms with Crippen molar-refractivity contribution >= 4 is 11.6 Å². The van der Waals surface area contributed by atoms with Crippen LogP contribution in [0.4, 0.5) is 0 Å². The van der Waals surface area contributed by atoms with Crippen LogP contribution in [0.5, 0.6) is 0 Å². The van der Waals surface area contributed by atoms with Crippen molar-refractivity contribution in [1.29, 1.82) is 0 Å². The van der Waals surface area contributed by atoms with E-state index in [0.29, 0.717) is 17.5 Å². The Kier molecular flexibility index (Phi) is 2.84. The Morgan fingerprint density at radius 3 is 3.29 bits per heavy atom. The molecule has 0 bridgehead atoms. The zero-order chi connectivity index (χ0) is 9.97. The SMILES string of the molecule is O=c1ncc(Cl)cn1CC1CCNC1. The molecule has 1 N–H and O–H groups in total. The highest BCUT2D eigenvalue weighted by atomic mass is 35.5. The van der Waals surface area contributed by atoms with Crippen molar-refractivity contribution in [3.8, 4) is 0 Å². The molecular weight excluding hydrogens is 202 g/mol. The third-order valence-electron chi connectivity index (χ3n) is 2.44. The van der Waals surface area contributed by atoms with Gasteiger partial charge in [0.25, 0.3) is 0 Å². The summed E-state index contributed by atoms with van der Waals surface area (Å²) in [6, 6.07) is 0. The van der Waals surface area contributed by atoms with Crippen LogP contribution in [0.15, 0.2) is 17.2 Å². The molecule has 1 aliphatic rings. The largest absolute Gasteiger partial charge is 0.347 e. The highest BCUT2D eigenvalue weighted by molar-refractivity contribution is 6.30. The van der Waals surface area contributed by atoms with Crippen LogP contribution in [0.1, 0.15) is 6.42 Å². The maximum atomic E-state index is 11.3. The van der Waals surface area contributed by atoms with Crippen LogP contribution >= 0.6 is 11.6 Å². The predicted octanol–water partition coefficient (Wildman–Crippen LogP) is 0.506. The lowest BCUT2D eigenvalue weighted by Crippen LogP contribution is -2.26. The lowest BCUT2D eigenvalue weighted by atomic mass is 10.1. The van der Waals surface area contributed by atoms with Crippen LogP contribution in [-0.4, -0.2) is 22.6 Å². The first-order valence-electron chi connectivity index (χ1n) is 4.68. The van der Waals surface area contributed by atoms with E-state index >= 15 is 0 Å². The summed E-state index contributed by atoms with van der Waals surface area (Å²) in [7, 11) is 0. The topological polar surface area (TPSA) is 46.9 Å². The summed E-state index contributed by atoms with van der Waals surface area (Å²) in [6.45, 7) is 2.71. The van der Waals surface area contributed by atoms with Gasteiger partial charge in [0, 0.05) is 12.7 Å². The van der Waals surface area contributed by atoms with Gasteiger partial charge < -0.3 is 5.32 Å². The first kappa shape index (κ1) is 9.68. The number of hydrogen-bond donors (Lipinski definition) is 1. The fraction of sp³-hybridized carbons (Fsp3) is 0.556. The molecule has 1 aromatic rings. The molecule has 0 amide bonds. The highest BCUT2D eigenvalue weighted by Gasteiger charge is 2.15. The average Bonchev–Trinajstić information content (AvgIpc) is 2.64. The first-order chi connectivity index (χ1) is 6.75. The molecule has 0 radical (unpaired) electrons. The normalized spacial score (nSPS) is 21.4. The molecule has 0 aromatic carbocycles. The second kappa shape index (κ2) is 4.11. The average molecular weight is 214 g/mol. The van der Waals surface area contributed by atoms with E-state index < -0.39 is 0 Å². The second-order valence-corrected chi connectivity index (χ2v) is 4.00. The Labute approximate surface area is 86.9 Å². The Morgan fingerprint density at radius 1 is 1.71 bits per heavy atom. The van der Waals surface area contributed by atoms with Crippen molar-refractivity contribution in [2.45, 2.75) is 13.0 Å². The van der Waals surface area contributed by atoms with Crippen LogP contribution in [0.25, 0.3) is 0 Å². The number of aromatic nitrogens is 2. The molecule has 4 nitrogen and oxygen atoms in total. The number of halogens is 1. The van der Waals surface area contributed by atoms with Gasteiger partial charge in [-0.1, -0.05) is 11.6 Å². The quantitative estimate of drug-likeness (QED) is 0.779. The van der Waals surface area contributed by atoms with Gasteiger partial charge in [0.2, 0.25) is 0 Å². The van der Waals surface area contributed by atoms with Crippen molar-refractivity contribution in [2.75, 3.05) is 13.1 Å². The zero-order valence-corrected chi connectivity index (χ0v) is 8.50. The van der Waals surface area contributed by atoms with Crippen molar-refractivity contribution in [1.82, 2.24) is 14.9 Å². The van der Waals surface area contributed by atoms with Gasteiger partial charge in [-0.15, -0.1) is 0 Å². The van der Waals surface area contributed by atoms with E-state index in [1.165, 1.54) is 6.20 Å².